The van der Waals surface area contributed by atoms with E-state index in [9.17, 15) is 14.0 Å². The van der Waals surface area contributed by atoms with Crippen molar-refractivity contribution in [2.45, 2.75) is 32.7 Å². The molecule has 0 aliphatic heterocycles. The van der Waals surface area contributed by atoms with Crippen molar-refractivity contribution in [2.75, 3.05) is 20.2 Å². The van der Waals surface area contributed by atoms with Gasteiger partial charge in [-0.05, 0) is 12.1 Å². The number of carbonyl (C=O) groups is 2. The first-order valence-electron chi connectivity index (χ1n) is 11.2. The van der Waals surface area contributed by atoms with Crippen LogP contribution in [0.25, 0.3) is 11.1 Å². The van der Waals surface area contributed by atoms with Gasteiger partial charge in [0.05, 0.1) is 18.9 Å². The van der Waals surface area contributed by atoms with E-state index in [0.717, 1.165) is 0 Å². The van der Waals surface area contributed by atoms with Gasteiger partial charge in [0.2, 0.25) is 5.91 Å². The summed E-state index contributed by atoms with van der Waals surface area (Å²) in [4.78, 5) is 33.3. The van der Waals surface area contributed by atoms with Gasteiger partial charge in [0.25, 0.3) is 5.89 Å². The molecule has 2 aromatic heterocycles. The van der Waals surface area contributed by atoms with Gasteiger partial charge in [0, 0.05) is 41.9 Å². The smallest absolute Gasteiger partial charge is 0.307 e. The molecule has 0 aliphatic carbocycles. The number of nitrogens with one attached hydrogen (secondary N) is 1. The number of hydrogen-bond acceptors (Lipinski definition) is 6. The lowest BCUT2D eigenvalue weighted by Gasteiger charge is -2.17. The van der Waals surface area contributed by atoms with Crippen molar-refractivity contribution < 1.29 is 27.5 Å². The first-order valence-corrected chi connectivity index (χ1v) is 11.2. The van der Waals surface area contributed by atoms with Crippen LogP contribution in [0.15, 0.2) is 53.9 Å². The number of aromatic nitrogens is 2. The Morgan fingerprint density at radius 3 is 2.58 bits per heavy atom. The Hall–Kier alpha value is -4.08. The predicted octanol–water partition coefficient (Wildman–Crippen LogP) is 4.27. The average molecular weight is 499 g/mol. The molecule has 0 unspecified atom stereocenters. The molecule has 0 atom stereocenters. The number of amides is 2. The number of carbonyl (C=O) groups excluding carboxylic acids is 2. The molecule has 1 N–H and O–H groups in total. The van der Waals surface area contributed by atoms with Crippen molar-refractivity contribution >= 4 is 11.8 Å². The third-order valence-corrected chi connectivity index (χ3v) is 5.35. The minimum Gasteiger partial charge on any atom is -0.489 e. The van der Waals surface area contributed by atoms with E-state index < -0.39 is 17.5 Å². The monoisotopic (exact) mass is 498 g/mol. The van der Waals surface area contributed by atoms with Crippen LogP contribution in [0.3, 0.4) is 0 Å². The summed E-state index contributed by atoms with van der Waals surface area (Å²) in [6.45, 7) is 9.27. The molecule has 0 saturated heterocycles. The van der Waals surface area contributed by atoms with Crippen LogP contribution >= 0.6 is 0 Å². The molecule has 0 aliphatic rings. The average Bonchev–Trinajstić information content (AvgIpc) is 3.36. The highest BCUT2D eigenvalue weighted by atomic mass is 19.2. The van der Waals surface area contributed by atoms with Crippen molar-refractivity contribution in [1.29, 1.82) is 0 Å². The van der Waals surface area contributed by atoms with Crippen LogP contribution in [0.2, 0.25) is 0 Å². The second-order valence-corrected chi connectivity index (χ2v) is 9.05. The summed E-state index contributed by atoms with van der Waals surface area (Å²) in [6, 6.07) is 4.28. The number of oxazole rings is 1. The molecule has 2 heterocycles. The topological polar surface area (TPSA) is 97.6 Å². The van der Waals surface area contributed by atoms with Gasteiger partial charge in [0.1, 0.15) is 18.1 Å². The van der Waals surface area contributed by atoms with Gasteiger partial charge in [-0.15, -0.1) is 0 Å². The van der Waals surface area contributed by atoms with E-state index in [2.05, 4.69) is 21.9 Å². The van der Waals surface area contributed by atoms with Gasteiger partial charge in [0.15, 0.2) is 11.6 Å². The molecule has 3 aromatic rings. The second-order valence-electron chi connectivity index (χ2n) is 9.05. The van der Waals surface area contributed by atoms with Crippen LogP contribution in [0.1, 0.15) is 42.8 Å². The number of pyridine rings is 1. The maximum atomic E-state index is 15.1. The fraction of sp³-hybridized carbons (Fsp3) is 0.308. The molecule has 0 radical (unpaired) electrons. The summed E-state index contributed by atoms with van der Waals surface area (Å²) in [5, 5.41) is 2.50. The molecule has 0 spiro atoms. The van der Waals surface area contributed by atoms with Crippen LogP contribution in [-0.2, 0) is 16.8 Å². The van der Waals surface area contributed by atoms with E-state index in [1.807, 2.05) is 20.8 Å². The number of benzene rings is 1. The minimum atomic E-state index is -1.10. The predicted molar refractivity (Wildman–Crippen MR) is 129 cm³/mol. The first-order chi connectivity index (χ1) is 17.0. The fourth-order valence-electron chi connectivity index (χ4n) is 3.19. The summed E-state index contributed by atoms with van der Waals surface area (Å²) in [7, 11) is 1.59. The van der Waals surface area contributed by atoms with Crippen LogP contribution < -0.4 is 10.1 Å². The molecular weight excluding hydrogens is 470 g/mol. The zero-order chi connectivity index (χ0) is 26.5. The Labute approximate surface area is 208 Å². The lowest BCUT2D eigenvalue weighted by Crippen LogP contribution is -2.29. The van der Waals surface area contributed by atoms with Crippen LogP contribution in [0, 0.1) is 11.6 Å². The van der Waals surface area contributed by atoms with Crippen LogP contribution in [0.5, 0.6) is 5.75 Å². The van der Waals surface area contributed by atoms with Crippen molar-refractivity contribution in [3.05, 3.63) is 78.3 Å². The highest BCUT2D eigenvalue weighted by molar-refractivity contribution is 5.89. The Morgan fingerprint density at radius 2 is 1.92 bits per heavy atom. The lowest BCUT2D eigenvalue weighted by atomic mass is 9.94. The summed E-state index contributed by atoms with van der Waals surface area (Å²) < 4.78 is 41.1. The van der Waals surface area contributed by atoms with Crippen molar-refractivity contribution in [3.63, 3.8) is 0 Å². The van der Waals surface area contributed by atoms with Gasteiger partial charge in [-0.3, -0.25) is 14.6 Å². The quantitative estimate of drug-likeness (QED) is 0.443. The number of halogens is 2. The number of nitrogens with zero attached hydrogens (tertiary/aromatic N) is 3. The molecular formula is C26H28F2N4O4. The third kappa shape index (κ3) is 6.12. The molecule has 36 heavy (non-hydrogen) atoms. The lowest BCUT2D eigenvalue weighted by molar-refractivity contribution is -0.125. The molecule has 1 aromatic carbocycles. The maximum absolute atomic E-state index is 15.1. The molecule has 10 heteroatoms. The summed E-state index contributed by atoms with van der Waals surface area (Å²) in [5.74, 6) is -2.50. The van der Waals surface area contributed by atoms with Gasteiger partial charge in [-0.25, -0.2) is 13.8 Å². The number of likely N-dealkylation sites (N-methyl/N-ethyl adjacent to an activating group) is 1. The Bertz CT molecular complexity index is 1270. The SMILES string of the molecule is C=CC(=O)N(C)CCOc1cnccc1-c1ccc(CNC(=O)c2ncc(C(C)(C)C)o2)c(F)c1F. The van der Waals surface area contributed by atoms with E-state index in [0.29, 0.717) is 11.3 Å². The number of hydrogen-bond donors (Lipinski definition) is 1. The Balaban J connectivity index is 1.72. The molecule has 8 nitrogen and oxygen atoms in total. The standard InChI is InChI=1S/C26H28F2N4O4/c1-6-21(33)32(5)11-12-35-19-14-29-10-9-17(19)18-8-7-16(22(27)23(18)28)13-30-24(34)25-31-15-20(36-25)26(2,3)4/h6-10,14-15H,1,11-13H2,2-5H3,(H,30,34). The molecule has 3 rings (SSSR count). The molecule has 0 saturated carbocycles. The minimum absolute atomic E-state index is 0.0296. The third-order valence-electron chi connectivity index (χ3n) is 5.35. The van der Waals surface area contributed by atoms with Gasteiger partial charge in [-0.1, -0.05) is 39.5 Å². The zero-order valence-electron chi connectivity index (χ0n) is 20.6. The largest absolute Gasteiger partial charge is 0.489 e. The zero-order valence-corrected chi connectivity index (χ0v) is 20.6. The maximum Gasteiger partial charge on any atom is 0.307 e. The van der Waals surface area contributed by atoms with Crippen LogP contribution in [-0.4, -0.2) is 46.9 Å². The number of rotatable bonds is 9. The van der Waals surface area contributed by atoms with Gasteiger partial charge < -0.3 is 19.4 Å². The molecule has 0 bridgehead atoms. The normalized spacial score (nSPS) is 11.2. The van der Waals surface area contributed by atoms with Crippen molar-refractivity contribution in [2.24, 2.45) is 0 Å². The van der Waals surface area contributed by atoms with E-state index in [1.165, 1.54) is 47.8 Å². The van der Waals surface area contributed by atoms with Crippen molar-refractivity contribution in [1.82, 2.24) is 20.2 Å². The van der Waals surface area contributed by atoms with E-state index in [1.54, 1.807) is 7.05 Å². The Morgan fingerprint density at radius 1 is 1.17 bits per heavy atom. The van der Waals surface area contributed by atoms with Gasteiger partial charge in [-0.2, -0.15) is 0 Å². The van der Waals surface area contributed by atoms with E-state index >= 15 is 4.39 Å². The fourth-order valence-corrected chi connectivity index (χ4v) is 3.19. The van der Waals surface area contributed by atoms with E-state index in [-0.39, 0.29) is 53.8 Å². The van der Waals surface area contributed by atoms with Crippen molar-refractivity contribution in [3.8, 4) is 16.9 Å². The highest BCUT2D eigenvalue weighted by Gasteiger charge is 2.23. The Kier molecular flexibility index (Phi) is 8.18. The molecule has 2 amide bonds. The summed E-state index contributed by atoms with van der Waals surface area (Å²) >= 11 is 0. The van der Waals surface area contributed by atoms with Crippen LogP contribution in [0.4, 0.5) is 8.78 Å². The highest BCUT2D eigenvalue weighted by Crippen LogP contribution is 2.33. The number of ether oxygens (including phenoxy) is 1. The molecule has 190 valence electrons. The van der Waals surface area contributed by atoms with E-state index in [4.69, 9.17) is 9.15 Å². The second kappa shape index (κ2) is 11.1. The summed E-state index contributed by atoms with van der Waals surface area (Å²) in [6.07, 6.45) is 5.47. The molecule has 0 fully saturated rings. The first kappa shape index (κ1) is 26.5. The van der Waals surface area contributed by atoms with Gasteiger partial charge >= 0.3 is 5.91 Å². The summed E-state index contributed by atoms with van der Waals surface area (Å²) in [5.41, 5.74) is -0.110.